The third kappa shape index (κ3) is 8.58. The predicted octanol–water partition coefficient (Wildman–Crippen LogP) is 5.19. The number of fused-ring (bicyclic) bond motifs is 2. The number of ether oxygens (including phenoxy) is 3. The van der Waals surface area contributed by atoms with Crippen molar-refractivity contribution in [2.24, 2.45) is 29.1 Å². The van der Waals surface area contributed by atoms with Crippen LogP contribution in [0.15, 0.2) is 29.8 Å². The van der Waals surface area contributed by atoms with Crippen LogP contribution in [0.5, 0.6) is 0 Å². The Hall–Kier alpha value is -3.47. The third-order valence-corrected chi connectivity index (χ3v) is 14.2. The molecule has 318 valence electrons. The molecular formula is C43H60N4O10S. The highest BCUT2D eigenvalue weighted by molar-refractivity contribution is 7.13. The average Bonchev–Trinajstić information content (AvgIpc) is 3.72. The zero-order valence-corrected chi connectivity index (χ0v) is 35.6. The van der Waals surface area contributed by atoms with Gasteiger partial charge in [0.2, 0.25) is 23.5 Å². The number of β-amino-alcohol motifs (C(OH)–C–C–N with tert-alkyl or cyclic N) is 1. The lowest BCUT2D eigenvalue weighted by atomic mass is 9.57. The molecule has 1 aromatic heterocycles. The summed E-state index contributed by atoms with van der Waals surface area (Å²) in [6, 6.07) is 5.94. The van der Waals surface area contributed by atoms with Gasteiger partial charge < -0.3 is 34.9 Å². The number of benzene rings is 1. The highest BCUT2D eigenvalue weighted by Crippen LogP contribution is 2.60. The van der Waals surface area contributed by atoms with E-state index in [1.165, 1.54) is 4.90 Å². The average molecular weight is 825 g/mol. The second-order valence-corrected chi connectivity index (χ2v) is 19.3. The fourth-order valence-electron chi connectivity index (χ4n) is 9.90. The Kier molecular flexibility index (Phi) is 12.4. The summed E-state index contributed by atoms with van der Waals surface area (Å²) < 4.78 is 18.6. The first-order chi connectivity index (χ1) is 27.5. The molecule has 5 saturated heterocycles. The quantitative estimate of drug-likeness (QED) is 0.190. The first-order valence-electron chi connectivity index (χ1n) is 20.9. The topological polar surface area (TPSA) is 175 Å². The standard InChI is InChI=1S/C43H60N4O10S/c1-24-8-13-31-25(2)33(54-40-43(31)30(24)16-18-42(7,55-40)56-57-43)17-19-53-35(50)15-14-34(49)46-37(41(4,5)6)39(52)47-22-29(48)20-32(47)38(51)44-21-27-9-11-28(12-10-27)36-26(3)45-23-58-36/h9-12,23-25,29-33,37,40,48H,8,13-22H2,1-7H3,(H,44,51)(H,46,49)/t24-,25-,29-,30+,31+,32+,33-,37-,40-,42-,43-/m1/s1. The molecule has 3 N–H and O–H groups in total. The van der Waals surface area contributed by atoms with Crippen LogP contribution in [0, 0.1) is 36.0 Å². The lowest BCUT2D eigenvalue weighted by molar-refractivity contribution is -0.571. The molecule has 15 heteroatoms. The smallest absolute Gasteiger partial charge is 0.306 e. The van der Waals surface area contributed by atoms with E-state index in [0.717, 1.165) is 47.4 Å². The summed E-state index contributed by atoms with van der Waals surface area (Å²) in [5.74, 6) is -1.71. The highest BCUT2D eigenvalue weighted by atomic mass is 32.1. The van der Waals surface area contributed by atoms with Gasteiger partial charge in [0, 0.05) is 44.7 Å². The van der Waals surface area contributed by atoms with Gasteiger partial charge in [-0.05, 0) is 67.4 Å². The van der Waals surface area contributed by atoms with Crippen LogP contribution >= 0.6 is 11.3 Å². The molecule has 2 aromatic rings. The lowest BCUT2D eigenvalue weighted by Crippen LogP contribution is -2.70. The molecular weight excluding hydrogens is 765 g/mol. The van der Waals surface area contributed by atoms with Crippen LogP contribution in [-0.2, 0) is 49.7 Å². The van der Waals surface area contributed by atoms with Crippen molar-refractivity contribution in [2.75, 3.05) is 13.2 Å². The van der Waals surface area contributed by atoms with Crippen molar-refractivity contribution in [1.29, 1.82) is 0 Å². The van der Waals surface area contributed by atoms with E-state index in [-0.39, 0.29) is 68.7 Å². The minimum atomic E-state index is -1.01. The van der Waals surface area contributed by atoms with Gasteiger partial charge in [0.1, 0.15) is 12.1 Å². The first kappa shape index (κ1) is 42.6. The van der Waals surface area contributed by atoms with Crippen molar-refractivity contribution < 1.29 is 48.3 Å². The van der Waals surface area contributed by atoms with Gasteiger partial charge in [-0.25, -0.2) is 14.8 Å². The lowest BCUT2D eigenvalue weighted by Gasteiger charge is -2.60. The number of aliphatic hydroxyl groups is 1. The zero-order valence-electron chi connectivity index (χ0n) is 34.8. The number of nitrogens with zero attached hydrogens (tertiary/aromatic N) is 2. The second-order valence-electron chi connectivity index (χ2n) is 18.4. The predicted molar refractivity (Wildman–Crippen MR) is 213 cm³/mol. The molecule has 3 amide bonds. The Labute approximate surface area is 345 Å². The van der Waals surface area contributed by atoms with E-state index in [4.69, 9.17) is 24.0 Å². The minimum Gasteiger partial charge on any atom is -0.466 e. The van der Waals surface area contributed by atoms with Crippen LogP contribution in [0.3, 0.4) is 0 Å². The SMILES string of the molecule is Cc1ncsc1-c1ccc(CNC(=O)[C@@H]2C[C@@H](O)CN2C(=O)[C@@H](NC(=O)CCC(=O)OCC[C@H]2O[C@@H]3O[C@@]4(C)CC[C@H]5[C@H](C)CC[C@@H]([C@H]2C)[C@@]35OO4)C(C)(C)C)cc1. The van der Waals surface area contributed by atoms with E-state index in [0.29, 0.717) is 12.3 Å². The highest BCUT2D eigenvalue weighted by Gasteiger charge is 2.69. The molecule has 58 heavy (non-hydrogen) atoms. The number of thiazole rings is 1. The summed E-state index contributed by atoms with van der Waals surface area (Å²) in [6.07, 6.45) is 2.29. The number of hydrogen-bond donors (Lipinski definition) is 3. The molecule has 1 aromatic carbocycles. The summed E-state index contributed by atoms with van der Waals surface area (Å²) in [6.45, 7) is 14.1. The van der Waals surface area contributed by atoms with E-state index in [9.17, 15) is 24.3 Å². The minimum absolute atomic E-state index is 0.0354. The Balaban J connectivity index is 0.887. The van der Waals surface area contributed by atoms with Crippen molar-refractivity contribution in [1.82, 2.24) is 20.5 Å². The summed E-state index contributed by atoms with van der Waals surface area (Å²) in [5.41, 5.74) is 3.31. The number of aromatic nitrogens is 1. The Bertz CT molecular complexity index is 1830. The van der Waals surface area contributed by atoms with Crippen molar-refractivity contribution in [3.63, 3.8) is 0 Å². The maximum absolute atomic E-state index is 14.0. The number of carbonyl (C=O) groups is 4. The number of nitrogens with one attached hydrogen (secondary N) is 2. The Morgan fingerprint density at radius 1 is 1.07 bits per heavy atom. The number of esters is 1. The molecule has 1 aliphatic carbocycles. The molecule has 2 bridgehead atoms. The number of likely N-dealkylation sites (tertiary alicyclic amines) is 1. The molecule has 11 atom stereocenters. The van der Waals surface area contributed by atoms with Crippen LogP contribution in [0.25, 0.3) is 10.4 Å². The molecule has 8 rings (SSSR count). The molecule has 14 nitrogen and oxygen atoms in total. The van der Waals surface area contributed by atoms with E-state index in [1.54, 1.807) is 11.3 Å². The maximum atomic E-state index is 14.0. The van der Waals surface area contributed by atoms with Crippen molar-refractivity contribution in [2.45, 2.75) is 148 Å². The van der Waals surface area contributed by atoms with Crippen LogP contribution in [0.4, 0.5) is 0 Å². The molecule has 6 aliphatic rings. The van der Waals surface area contributed by atoms with Gasteiger partial charge in [0.15, 0.2) is 11.9 Å². The largest absolute Gasteiger partial charge is 0.466 e. The molecule has 6 heterocycles. The van der Waals surface area contributed by atoms with Gasteiger partial charge in [-0.1, -0.05) is 58.9 Å². The second kappa shape index (κ2) is 16.9. The first-order valence-corrected chi connectivity index (χ1v) is 21.8. The van der Waals surface area contributed by atoms with E-state index in [1.807, 2.05) is 64.4 Å². The molecule has 0 radical (unpaired) electrons. The van der Waals surface area contributed by atoms with Crippen LogP contribution in [-0.4, -0.2) is 93.8 Å². The van der Waals surface area contributed by atoms with E-state index < -0.39 is 59.1 Å². The van der Waals surface area contributed by atoms with Gasteiger partial charge in [-0.3, -0.25) is 19.2 Å². The van der Waals surface area contributed by atoms with Gasteiger partial charge in [-0.2, -0.15) is 0 Å². The van der Waals surface area contributed by atoms with Gasteiger partial charge >= 0.3 is 5.97 Å². The summed E-state index contributed by atoms with van der Waals surface area (Å²) >= 11 is 1.57. The molecule has 6 fully saturated rings. The van der Waals surface area contributed by atoms with Crippen LogP contribution in [0.1, 0.15) is 104 Å². The molecule has 5 aliphatic heterocycles. The van der Waals surface area contributed by atoms with Crippen molar-refractivity contribution in [3.05, 3.63) is 41.0 Å². The molecule has 0 unspecified atom stereocenters. The number of rotatable bonds is 12. The Morgan fingerprint density at radius 2 is 1.83 bits per heavy atom. The fourth-order valence-corrected chi connectivity index (χ4v) is 10.7. The number of amides is 3. The van der Waals surface area contributed by atoms with Crippen LogP contribution in [0.2, 0.25) is 0 Å². The summed E-state index contributed by atoms with van der Waals surface area (Å²) in [5, 5.41) is 16.3. The normalized spacial score (nSPS) is 33.5. The van der Waals surface area contributed by atoms with E-state index in [2.05, 4.69) is 29.5 Å². The van der Waals surface area contributed by atoms with Gasteiger partial charge in [0.05, 0.1) is 41.3 Å². The fraction of sp³-hybridized carbons (Fsp3) is 0.698. The number of aliphatic hydroxyl groups excluding tert-OH is 1. The van der Waals surface area contributed by atoms with Crippen molar-refractivity contribution in [3.8, 4) is 10.4 Å². The monoisotopic (exact) mass is 824 g/mol. The van der Waals surface area contributed by atoms with E-state index >= 15 is 0 Å². The Morgan fingerprint density at radius 3 is 2.53 bits per heavy atom. The van der Waals surface area contributed by atoms with Crippen LogP contribution < -0.4 is 10.6 Å². The number of hydrogen-bond acceptors (Lipinski definition) is 12. The third-order valence-electron chi connectivity index (χ3n) is 13.2. The number of carbonyl (C=O) groups excluding carboxylic acids is 4. The van der Waals surface area contributed by atoms with Gasteiger partial charge in [0.25, 0.3) is 0 Å². The summed E-state index contributed by atoms with van der Waals surface area (Å²) in [4.78, 5) is 72.5. The maximum Gasteiger partial charge on any atom is 0.306 e. The molecule has 1 saturated carbocycles. The van der Waals surface area contributed by atoms with Crippen molar-refractivity contribution >= 4 is 35.0 Å². The summed E-state index contributed by atoms with van der Waals surface area (Å²) in [7, 11) is 0. The molecule has 1 spiro atoms. The number of aryl methyl sites for hydroxylation is 1. The zero-order chi connectivity index (χ0) is 41.6. The van der Waals surface area contributed by atoms with Gasteiger partial charge in [-0.15, -0.1) is 11.3 Å².